The maximum Gasteiger partial charge on any atom is 0.255 e. The Morgan fingerprint density at radius 1 is 1.26 bits per heavy atom. The van der Waals surface area contributed by atoms with Crippen LogP contribution in [0.4, 0.5) is 5.69 Å². The van der Waals surface area contributed by atoms with Crippen LogP contribution in [0.25, 0.3) is 0 Å². The zero-order chi connectivity index (χ0) is 19.0. The van der Waals surface area contributed by atoms with Crippen molar-refractivity contribution in [3.05, 3.63) is 58.1 Å². The largest absolute Gasteiger partial charge is 0.494 e. The van der Waals surface area contributed by atoms with Crippen LogP contribution in [-0.4, -0.2) is 28.9 Å². The topological polar surface area (TPSA) is 66.0 Å². The highest BCUT2D eigenvalue weighted by atomic mass is 79.9. The molecule has 6 nitrogen and oxygen atoms in total. The maximum absolute atomic E-state index is 12.9. The molecule has 0 aromatic heterocycles. The highest BCUT2D eigenvalue weighted by molar-refractivity contribution is 9.10. The standard InChI is InChI=1S/C19H19BrN4O2S/c1-3-26-11-8-9-14(20)13(10-11)17-21-15-7-5-4-6-12(15)16-18(25)22-19(27-2)23-24(16)17/h4-10,16-17,21H,3H2,1-2H3,(H,22,23,25)/t16-,17-/m0/s1. The van der Waals surface area contributed by atoms with Gasteiger partial charge in [-0.15, -0.1) is 5.10 Å². The van der Waals surface area contributed by atoms with E-state index in [4.69, 9.17) is 9.84 Å². The van der Waals surface area contributed by atoms with Gasteiger partial charge in [0.05, 0.1) is 6.61 Å². The lowest BCUT2D eigenvalue weighted by Gasteiger charge is -2.43. The van der Waals surface area contributed by atoms with Crippen LogP contribution in [0, 0.1) is 0 Å². The molecule has 2 aromatic carbocycles. The van der Waals surface area contributed by atoms with E-state index in [1.807, 2.05) is 60.7 Å². The lowest BCUT2D eigenvalue weighted by atomic mass is 9.97. The van der Waals surface area contributed by atoms with E-state index in [0.717, 1.165) is 27.0 Å². The van der Waals surface area contributed by atoms with Gasteiger partial charge in [0.15, 0.2) is 11.2 Å². The number of hydrogen-bond acceptors (Lipinski definition) is 6. The molecule has 0 aliphatic carbocycles. The number of ether oxygens (including phenoxy) is 1. The van der Waals surface area contributed by atoms with E-state index in [-0.39, 0.29) is 12.1 Å². The summed E-state index contributed by atoms with van der Waals surface area (Å²) in [6, 6.07) is 13.2. The fourth-order valence-corrected chi connectivity index (χ4v) is 4.19. The Bertz CT molecular complexity index is 920. The molecular formula is C19H19BrN4O2S. The van der Waals surface area contributed by atoms with Gasteiger partial charge in [0.1, 0.15) is 11.9 Å². The van der Waals surface area contributed by atoms with Crippen LogP contribution < -0.4 is 15.4 Å². The Balaban J connectivity index is 1.85. The number of fused-ring (bicyclic) bond motifs is 3. The molecule has 2 atom stereocenters. The minimum absolute atomic E-state index is 0.0783. The van der Waals surface area contributed by atoms with Gasteiger partial charge in [0.2, 0.25) is 0 Å². The molecule has 0 radical (unpaired) electrons. The molecule has 0 fully saturated rings. The molecule has 140 valence electrons. The van der Waals surface area contributed by atoms with Gasteiger partial charge in [-0.25, -0.2) is 0 Å². The van der Waals surface area contributed by atoms with Gasteiger partial charge in [0.25, 0.3) is 5.91 Å². The third kappa shape index (κ3) is 3.27. The lowest BCUT2D eigenvalue weighted by Crippen LogP contribution is -2.50. The predicted octanol–water partition coefficient (Wildman–Crippen LogP) is 4.08. The molecule has 0 saturated heterocycles. The Labute approximate surface area is 170 Å². The van der Waals surface area contributed by atoms with Crippen molar-refractivity contribution in [2.75, 3.05) is 18.2 Å². The summed E-state index contributed by atoms with van der Waals surface area (Å²) in [5.41, 5.74) is 2.79. The first-order chi connectivity index (χ1) is 13.1. The van der Waals surface area contributed by atoms with Crippen molar-refractivity contribution in [1.82, 2.24) is 10.3 Å². The van der Waals surface area contributed by atoms with Gasteiger partial charge in [-0.3, -0.25) is 9.80 Å². The van der Waals surface area contributed by atoms with Crippen LogP contribution in [0.5, 0.6) is 5.75 Å². The number of carbonyl (C=O) groups excluding carboxylic acids is 1. The fraction of sp³-hybridized carbons (Fsp3) is 0.263. The molecule has 4 rings (SSSR count). The van der Waals surface area contributed by atoms with E-state index < -0.39 is 6.04 Å². The van der Waals surface area contributed by atoms with E-state index in [9.17, 15) is 4.79 Å². The number of carbonyl (C=O) groups is 1. The molecule has 27 heavy (non-hydrogen) atoms. The summed E-state index contributed by atoms with van der Waals surface area (Å²) in [6.07, 6.45) is 1.58. The normalized spacial score (nSPS) is 20.8. The van der Waals surface area contributed by atoms with Crippen LogP contribution in [0.1, 0.15) is 30.3 Å². The number of anilines is 1. The average Bonchev–Trinajstić information content (AvgIpc) is 2.68. The molecule has 0 saturated carbocycles. The molecule has 0 unspecified atom stereocenters. The number of amides is 1. The summed E-state index contributed by atoms with van der Waals surface area (Å²) >= 11 is 5.06. The first kappa shape index (κ1) is 18.2. The van der Waals surface area contributed by atoms with Crippen molar-refractivity contribution in [3.63, 3.8) is 0 Å². The lowest BCUT2D eigenvalue weighted by molar-refractivity contribution is -0.127. The van der Waals surface area contributed by atoms with Crippen molar-refractivity contribution in [3.8, 4) is 5.75 Å². The van der Waals surface area contributed by atoms with Gasteiger partial charge in [0, 0.05) is 21.3 Å². The summed E-state index contributed by atoms with van der Waals surface area (Å²) in [4.78, 5) is 12.9. The molecule has 2 aliphatic heterocycles. The predicted molar refractivity (Wildman–Crippen MR) is 112 cm³/mol. The van der Waals surface area contributed by atoms with E-state index in [2.05, 4.69) is 26.6 Å². The second-order valence-corrected chi connectivity index (χ2v) is 7.78. The highest BCUT2D eigenvalue weighted by Crippen LogP contribution is 2.44. The van der Waals surface area contributed by atoms with Gasteiger partial charge < -0.3 is 15.4 Å². The SMILES string of the molecule is CCOc1ccc(Br)c([C@H]2Nc3ccccc3[C@H]3C(=O)NC(SC)=NN23)c1. The Hall–Kier alpha value is -2.19. The number of rotatable bonds is 3. The van der Waals surface area contributed by atoms with E-state index in [0.29, 0.717) is 11.8 Å². The summed E-state index contributed by atoms with van der Waals surface area (Å²) in [5.74, 6) is 0.703. The monoisotopic (exact) mass is 446 g/mol. The number of hydrazone groups is 1. The summed E-state index contributed by atoms with van der Waals surface area (Å²) < 4.78 is 6.60. The zero-order valence-corrected chi connectivity index (χ0v) is 17.3. The third-order valence-electron chi connectivity index (χ3n) is 4.53. The minimum atomic E-state index is -0.494. The van der Waals surface area contributed by atoms with E-state index >= 15 is 0 Å². The smallest absolute Gasteiger partial charge is 0.255 e. The molecule has 2 aromatic rings. The Morgan fingerprint density at radius 2 is 2.07 bits per heavy atom. The van der Waals surface area contributed by atoms with Crippen molar-refractivity contribution in [1.29, 1.82) is 0 Å². The molecule has 0 bridgehead atoms. The first-order valence-corrected chi connectivity index (χ1v) is 10.6. The van der Waals surface area contributed by atoms with Crippen molar-refractivity contribution in [2.45, 2.75) is 19.1 Å². The van der Waals surface area contributed by atoms with Crippen LogP contribution in [0.3, 0.4) is 0 Å². The second-order valence-electron chi connectivity index (χ2n) is 6.13. The number of nitrogens with one attached hydrogen (secondary N) is 2. The van der Waals surface area contributed by atoms with Crippen molar-refractivity contribution in [2.24, 2.45) is 5.10 Å². The van der Waals surface area contributed by atoms with Crippen LogP contribution in [-0.2, 0) is 4.79 Å². The number of benzene rings is 2. The quantitative estimate of drug-likeness (QED) is 0.743. The number of hydrogen-bond donors (Lipinski definition) is 2. The van der Waals surface area contributed by atoms with Crippen LogP contribution in [0.15, 0.2) is 52.0 Å². The fourth-order valence-electron chi connectivity index (χ4n) is 3.35. The number of halogens is 1. The summed E-state index contributed by atoms with van der Waals surface area (Å²) in [6.45, 7) is 2.54. The average molecular weight is 447 g/mol. The number of para-hydroxylation sites is 1. The van der Waals surface area contributed by atoms with Crippen LogP contribution >= 0.6 is 27.7 Å². The van der Waals surface area contributed by atoms with Gasteiger partial charge in [-0.05, 0) is 37.4 Å². The number of amidine groups is 1. The second kappa shape index (κ2) is 7.44. The Morgan fingerprint density at radius 3 is 2.85 bits per heavy atom. The summed E-state index contributed by atoms with van der Waals surface area (Å²) in [7, 11) is 0. The van der Waals surface area contributed by atoms with Gasteiger partial charge in [-0.1, -0.05) is 45.9 Å². The zero-order valence-electron chi connectivity index (χ0n) is 14.9. The van der Waals surface area contributed by atoms with Crippen molar-refractivity contribution >= 4 is 44.5 Å². The highest BCUT2D eigenvalue weighted by Gasteiger charge is 2.42. The van der Waals surface area contributed by atoms with E-state index in [1.54, 1.807) is 0 Å². The molecule has 2 heterocycles. The van der Waals surface area contributed by atoms with E-state index in [1.165, 1.54) is 11.8 Å². The Kier molecular flexibility index (Phi) is 5.01. The molecule has 8 heteroatoms. The molecule has 1 amide bonds. The van der Waals surface area contributed by atoms with Gasteiger partial charge in [-0.2, -0.15) is 0 Å². The molecule has 2 N–H and O–H groups in total. The first-order valence-electron chi connectivity index (χ1n) is 8.62. The third-order valence-corrected chi connectivity index (χ3v) is 5.82. The maximum atomic E-state index is 12.9. The molecule has 2 aliphatic rings. The molecular weight excluding hydrogens is 428 g/mol. The van der Waals surface area contributed by atoms with Gasteiger partial charge >= 0.3 is 0 Å². The number of nitrogens with zero attached hydrogens (tertiary/aromatic N) is 2. The van der Waals surface area contributed by atoms with Crippen molar-refractivity contribution < 1.29 is 9.53 Å². The van der Waals surface area contributed by atoms with Crippen LogP contribution in [0.2, 0.25) is 0 Å². The number of thioether (sulfide) groups is 1. The summed E-state index contributed by atoms with van der Waals surface area (Å²) in [5, 5.41) is 13.5. The minimum Gasteiger partial charge on any atom is -0.494 e. The molecule has 0 spiro atoms.